The lowest BCUT2D eigenvalue weighted by Crippen LogP contribution is -2.07. The lowest BCUT2D eigenvalue weighted by Gasteiger charge is -2.09. The van der Waals surface area contributed by atoms with Crippen LogP contribution in [0.15, 0.2) is 72.4 Å². The summed E-state index contributed by atoms with van der Waals surface area (Å²) in [6, 6.07) is 12.2. The zero-order chi connectivity index (χ0) is 22.9. The van der Waals surface area contributed by atoms with Crippen LogP contribution >= 0.6 is 11.6 Å². The molecule has 4 aromatic rings. The minimum absolute atomic E-state index is 0.310. The van der Waals surface area contributed by atoms with Gasteiger partial charge in [0.2, 0.25) is 11.9 Å². The minimum atomic E-state index is -2.78. The SMILES string of the molecule is C=CC(=O)Nc1cccc2c(-c3nc(Nc4ccc(S(C)(=N)=O)cc4)ncc3Cl)c[nH]c12. The number of para-hydroxylation sites is 1. The molecule has 0 saturated carbocycles. The van der Waals surface area contributed by atoms with Crippen molar-refractivity contribution < 1.29 is 9.00 Å². The van der Waals surface area contributed by atoms with Gasteiger partial charge in [0.15, 0.2) is 0 Å². The molecule has 0 bridgehead atoms. The molecule has 0 aliphatic rings. The number of aromatic amines is 1. The van der Waals surface area contributed by atoms with Crippen LogP contribution in [0.1, 0.15) is 0 Å². The van der Waals surface area contributed by atoms with Crippen molar-refractivity contribution in [2.24, 2.45) is 0 Å². The second-order valence-corrected chi connectivity index (χ2v) is 9.57. The van der Waals surface area contributed by atoms with E-state index in [0.717, 1.165) is 16.5 Å². The summed E-state index contributed by atoms with van der Waals surface area (Å²) >= 11 is 6.41. The molecule has 8 nitrogen and oxygen atoms in total. The summed E-state index contributed by atoms with van der Waals surface area (Å²) in [6.45, 7) is 3.47. The molecule has 1 amide bonds. The van der Waals surface area contributed by atoms with Gasteiger partial charge in [-0.05, 0) is 36.4 Å². The van der Waals surface area contributed by atoms with Gasteiger partial charge in [-0.2, -0.15) is 0 Å². The number of aromatic nitrogens is 3. The second-order valence-electron chi connectivity index (χ2n) is 7.01. The Labute approximate surface area is 189 Å². The van der Waals surface area contributed by atoms with Gasteiger partial charge in [-0.3, -0.25) is 4.79 Å². The van der Waals surface area contributed by atoms with Crippen LogP contribution in [-0.4, -0.2) is 31.3 Å². The lowest BCUT2D eigenvalue weighted by molar-refractivity contribution is -0.111. The van der Waals surface area contributed by atoms with E-state index >= 15 is 0 Å². The van der Waals surface area contributed by atoms with Crippen molar-refractivity contribution >= 4 is 55.5 Å². The van der Waals surface area contributed by atoms with Gasteiger partial charge in [0.1, 0.15) is 0 Å². The van der Waals surface area contributed by atoms with Crippen molar-refractivity contribution in [3.05, 3.63) is 72.5 Å². The zero-order valence-electron chi connectivity index (χ0n) is 17.0. The number of carbonyl (C=O) groups excluding carboxylic acids is 1. The first kappa shape index (κ1) is 21.5. The highest BCUT2D eigenvalue weighted by atomic mass is 35.5. The summed E-state index contributed by atoms with van der Waals surface area (Å²) in [7, 11) is -2.78. The topological polar surface area (TPSA) is 124 Å². The van der Waals surface area contributed by atoms with Crippen molar-refractivity contribution in [1.82, 2.24) is 15.0 Å². The fraction of sp³-hybridized carbons (Fsp3) is 0.0455. The van der Waals surface area contributed by atoms with E-state index in [0.29, 0.717) is 32.9 Å². The molecule has 32 heavy (non-hydrogen) atoms. The Morgan fingerprint density at radius 3 is 2.69 bits per heavy atom. The Morgan fingerprint density at radius 2 is 2.00 bits per heavy atom. The van der Waals surface area contributed by atoms with Crippen LogP contribution in [0.3, 0.4) is 0 Å². The van der Waals surface area contributed by atoms with E-state index < -0.39 is 9.73 Å². The standard InChI is InChI=1S/C22H19ClN6O2S/c1-3-19(30)28-18-6-4-5-15-16(11-25-21(15)18)20-17(23)12-26-22(29-20)27-13-7-9-14(10-8-13)32(2,24)31/h3-12,24-25H,1H2,2H3,(H,28,30)(H,26,27,29). The van der Waals surface area contributed by atoms with Crippen LogP contribution in [0.25, 0.3) is 22.2 Å². The van der Waals surface area contributed by atoms with Crippen molar-refractivity contribution in [3.63, 3.8) is 0 Å². The molecule has 4 N–H and O–H groups in total. The first-order valence-electron chi connectivity index (χ1n) is 9.43. The fourth-order valence-corrected chi connectivity index (χ4v) is 4.03. The van der Waals surface area contributed by atoms with Crippen molar-refractivity contribution in [2.75, 3.05) is 16.9 Å². The van der Waals surface area contributed by atoms with E-state index in [1.807, 2.05) is 12.1 Å². The fourth-order valence-electron chi connectivity index (χ4n) is 3.18. The summed E-state index contributed by atoms with van der Waals surface area (Å²) in [4.78, 5) is 24.1. The minimum Gasteiger partial charge on any atom is -0.359 e. The van der Waals surface area contributed by atoms with Crippen LogP contribution in [0.2, 0.25) is 5.02 Å². The molecule has 10 heteroatoms. The third kappa shape index (κ3) is 4.34. The maximum atomic E-state index is 11.9. The average Bonchev–Trinajstić information content (AvgIpc) is 3.20. The van der Waals surface area contributed by atoms with E-state index in [4.69, 9.17) is 16.4 Å². The Hall–Kier alpha value is -3.69. The van der Waals surface area contributed by atoms with Crippen LogP contribution < -0.4 is 10.6 Å². The van der Waals surface area contributed by atoms with Gasteiger partial charge in [-0.15, -0.1) is 0 Å². The molecule has 0 aliphatic carbocycles. The molecule has 0 saturated heterocycles. The predicted octanol–water partition coefficient (Wildman–Crippen LogP) is 5.18. The van der Waals surface area contributed by atoms with Crippen LogP contribution in [0, 0.1) is 4.78 Å². The third-order valence-electron chi connectivity index (χ3n) is 4.72. The smallest absolute Gasteiger partial charge is 0.247 e. The Bertz CT molecular complexity index is 1450. The highest BCUT2D eigenvalue weighted by Crippen LogP contribution is 2.35. The number of hydrogen-bond acceptors (Lipinski definition) is 6. The van der Waals surface area contributed by atoms with Gasteiger partial charge < -0.3 is 15.6 Å². The molecular formula is C22H19ClN6O2S. The molecule has 0 fully saturated rings. The maximum Gasteiger partial charge on any atom is 0.247 e. The Balaban J connectivity index is 1.69. The number of halogens is 1. The van der Waals surface area contributed by atoms with Gasteiger partial charge in [0.25, 0.3) is 0 Å². The number of amides is 1. The molecule has 0 spiro atoms. The van der Waals surface area contributed by atoms with E-state index in [1.54, 1.807) is 36.5 Å². The van der Waals surface area contributed by atoms with E-state index in [2.05, 4.69) is 32.2 Å². The normalized spacial score (nSPS) is 12.8. The number of nitrogens with zero attached hydrogens (tertiary/aromatic N) is 2. The molecule has 4 rings (SSSR count). The van der Waals surface area contributed by atoms with Gasteiger partial charge in [0.05, 0.1) is 37.8 Å². The van der Waals surface area contributed by atoms with Crippen molar-refractivity contribution in [2.45, 2.75) is 4.90 Å². The van der Waals surface area contributed by atoms with Gasteiger partial charge >= 0.3 is 0 Å². The number of fused-ring (bicyclic) bond motifs is 1. The van der Waals surface area contributed by atoms with Crippen LogP contribution in [-0.2, 0) is 14.5 Å². The number of carbonyl (C=O) groups is 1. The first-order valence-corrected chi connectivity index (χ1v) is 11.8. The summed E-state index contributed by atoms with van der Waals surface area (Å²) < 4.78 is 19.5. The highest BCUT2D eigenvalue weighted by Gasteiger charge is 2.15. The zero-order valence-corrected chi connectivity index (χ0v) is 18.6. The number of rotatable bonds is 6. The molecule has 162 valence electrons. The lowest BCUT2D eigenvalue weighted by atomic mass is 10.1. The van der Waals surface area contributed by atoms with Crippen molar-refractivity contribution in [1.29, 1.82) is 4.78 Å². The largest absolute Gasteiger partial charge is 0.359 e. The van der Waals surface area contributed by atoms with Gasteiger partial charge in [-0.1, -0.05) is 30.3 Å². The van der Waals surface area contributed by atoms with Gasteiger partial charge in [0, 0.05) is 34.0 Å². The molecule has 2 aromatic heterocycles. The number of H-pyrrole nitrogens is 1. The molecule has 1 atom stereocenters. The second kappa shape index (κ2) is 8.45. The third-order valence-corrected chi connectivity index (χ3v) is 6.17. The summed E-state index contributed by atoms with van der Waals surface area (Å²) in [5, 5.41) is 7.06. The maximum absolute atomic E-state index is 11.9. The summed E-state index contributed by atoms with van der Waals surface area (Å²) in [5.74, 6) is 0.0151. The average molecular weight is 467 g/mol. The highest BCUT2D eigenvalue weighted by molar-refractivity contribution is 7.91. The van der Waals surface area contributed by atoms with E-state index in [9.17, 15) is 9.00 Å². The summed E-state index contributed by atoms with van der Waals surface area (Å²) in [5.41, 5.74) is 3.29. The van der Waals surface area contributed by atoms with E-state index in [-0.39, 0.29) is 5.91 Å². The van der Waals surface area contributed by atoms with Crippen molar-refractivity contribution in [3.8, 4) is 11.3 Å². The van der Waals surface area contributed by atoms with Crippen LogP contribution in [0.5, 0.6) is 0 Å². The molecule has 2 aromatic carbocycles. The number of anilines is 3. The summed E-state index contributed by atoms with van der Waals surface area (Å²) in [6.07, 6.45) is 5.86. The first-order chi connectivity index (χ1) is 15.3. The molecule has 0 radical (unpaired) electrons. The Morgan fingerprint density at radius 1 is 1.25 bits per heavy atom. The number of hydrogen-bond donors (Lipinski definition) is 4. The van der Waals surface area contributed by atoms with E-state index in [1.165, 1.54) is 18.5 Å². The molecule has 2 heterocycles. The number of benzene rings is 2. The predicted molar refractivity (Wildman–Crippen MR) is 128 cm³/mol. The number of nitrogens with one attached hydrogen (secondary N) is 4. The molecule has 0 aliphatic heterocycles. The van der Waals surface area contributed by atoms with Gasteiger partial charge in [-0.25, -0.2) is 19.0 Å². The molecule has 1 unspecified atom stereocenters. The Kier molecular flexibility index (Phi) is 5.68. The van der Waals surface area contributed by atoms with Crippen LogP contribution in [0.4, 0.5) is 17.3 Å². The quantitative estimate of drug-likeness (QED) is 0.291. The molecular weight excluding hydrogens is 448 g/mol. The monoisotopic (exact) mass is 466 g/mol.